The van der Waals surface area contributed by atoms with E-state index in [0.717, 1.165) is 50.3 Å². The topological polar surface area (TPSA) is 46.5 Å². The number of rotatable bonds is 5. The van der Waals surface area contributed by atoms with Gasteiger partial charge in [0.15, 0.2) is 0 Å². The van der Waals surface area contributed by atoms with E-state index in [9.17, 15) is 18.0 Å². The maximum atomic E-state index is 13.3. The van der Waals surface area contributed by atoms with Gasteiger partial charge in [0.1, 0.15) is 0 Å². The quantitative estimate of drug-likeness (QED) is 0.781. The Labute approximate surface area is 174 Å². The van der Waals surface area contributed by atoms with Crippen LogP contribution in [0.2, 0.25) is 0 Å². The zero-order valence-corrected chi connectivity index (χ0v) is 17.0. The summed E-state index contributed by atoms with van der Waals surface area (Å²) in [6.45, 7) is 5.21. The van der Waals surface area contributed by atoms with Crippen LogP contribution in [0, 0.1) is 11.8 Å². The van der Waals surface area contributed by atoms with Gasteiger partial charge in [-0.1, -0.05) is 12.8 Å². The summed E-state index contributed by atoms with van der Waals surface area (Å²) in [5, 5.41) is 3.69. The van der Waals surface area contributed by atoms with E-state index >= 15 is 0 Å². The van der Waals surface area contributed by atoms with E-state index in [1.807, 2.05) is 24.4 Å². The largest absolute Gasteiger partial charge is 0.392 e. The number of alkyl halides is 3. The Morgan fingerprint density at radius 1 is 1.10 bits per heavy atom. The van der Waals surface area contributed by atoms with E-state index in [2.05, 4.69) is 14.8 Å². The molecule has 0 bridgehead atoms. The van der Waals surface area contributed by atoms with E-state index in [1.165, 1.54) is 0 Å². The standard InChI is InChI=1S/C22H28F3N3O2/c23-22(24,25)19-4-2-1-3-18(19)21(29)26-17-5-6-20-16(15-17)7-8-28(20)10-9-27-11-13-30-14-12-27/h5-8,15,18-19H,1-4,9-14H2,(H,26,29). The second-order valence-corrected chi connectivity index (χ2v) is 8.27. The maximum Gasteiger partial charge on any atom is 0.392 e. The molecule has 2 aromatic rings. The van der Waals surface area contributed by atoms with Gasteiger partial charge in [0, 0.05) is 54.9 Å². The molecule has 1 aliphatic carbocycles. The van der Waals surface area contributed by atoms with E-state index in [0.29, 0.717) is 18.5 Å². The minimum absolute atomic E-state index is 0.0343. The molecule has 2 aliphatic rings. The summed E-state index contributed by atoms with van der Waals surface area (Å²) in [5.41, 5.74) is 1.59. The van der Waals surface area contributed by atoms with Crippen LogP contribution in [0.4, 0.5) is 18.9 Å². The smallest absolute Gasteiger partial charge is 0.379 e. The number of anilines is 1. The molecule has 2 heterocycles. The van der Waals surface area contributed by atoms with Crippen molar-refractivity contribution in [2.75, 3.05) is 38.2 Å². The van der Waals surface area contributed by atoms with Gasteiger partial charge in [-0.05, 0) is 37.1 Å². The normalized spacial score (nSPS) is 23.6. The molecule has 1 saturated heterocycles. The molecule has 164 valence electrons. The van der Waals surface area contributed by atoms with Gasteiger partial charge in [-0.2, -0.15) is 13.2 Å². The van der Waals surface area contributed by atoms with Gasteiger partial charge in [0.05, 0.1) is 19.1 Å². The summed E-state index contributed by atoms with van der Waals surface area (Å²) in [7, 11) is 0. The lowest BCUT2D eigenvalue weighted by atomic mass is 9.78. The Morgan fingerprint density at radius 3 is 2.63 bits per heavy atom. The Morgan fingerprint density at radius 2 is 1.87 bits per heavy atom. The minimum atomic E-state index is -4.33. The molecule has 1 aliphatic heterocycles. The lowest BCUT2D eigenvalue weighted by Gasteiger charge is -2.32. The van der Waals surface area contributed by atoms with Crippen LogP contribution in [0.25, 0.3) is 10.9 Å². The number of ether oxygens (including phenoxy) is 1. The molecule has 1 N–H and O–H groups in total. The number of halogens is 3. The summed E-state index contributed by atoms with van der Waals surface area (Å²) in [5.74, 6) is -3.08. The minimum Gasteiger partial charge on any atom is -0.379 e. The average molecular weight is 423 g/mol. The van der Waals surface area contributed by atoms with E-state index < -0.39 is 23.9 Å². The summed E-state index contributed by atoms with van der Waals surface area (Å²) in [6.07, 6.45) is -0.808. The monoisotopic (exact) mass is 423 g/mol. The molecular formula is C22H28F3N3O2. The fraction of sp³-hybridized carbons (Fsp3) is 0.591. The average Bonchev–Trinajstić information content (AvgIpc) is 3.14. The van der Waals surface area contributed by atoms with Crippen LogP contribution in [0.5, 0.6) is 0 Å². The van der Waals surface area contributed by atoms with Crippen LogP contribution >= 0.6 is 0 Å². The fourth-order valence-corrected chi connectivity index (χ4v) is 4.62. The second kappa shape index (κ2) is 8.98. The lowest BCUT2D eigenvalue weighted by molar-refractivity contribution is -0.197. The van der Waals surface area contributed by atoms with Gasteiger partial charge in [0.2, 0.25) is 5.91 Å². The van der Waals surface area contributed by atoms with Crippen LogP contribution in [0.1, 0.15) is 25.7 Å². The molecule has 1 aromatic carbocycles. The number of fused-ring (bicyclic) bond motifs is 1. The first-order valence-electron chi connectivity index (χ1n) is 10.7. The molecule has 0 radical (unpaired) electrons. The highest BCUT2D eigenvalue weighted by Crippen LogP contribution is 2.42. The molecule has 0 spiro atoms. The SMILES string of the molecule is O=C(Nc1ccc2c(ccn2CCN2CCOCC2)c1)C1CCCCC1C(F)(F)F. The molecule has 4 rings (SSSR count). The van der Waals surface area contributed by atoms with Crippen LogP contribution in [-0.2, 0) is 16.1 Å². The number of benzene rings is 1. The Balaban J connectivity index is 1.41. The lowest BCUT2D eigenvalue weighted by Crippen LogP contribution is -2.39. The number of carbonyl (C=O) groups is 1. The van der Waals surface area contributed by atoms with Crippen molar-refractivity contribution in [3.63, 3.8) is 0 Å². The van der Waals surface area contributed by atoms with Crippen LogP contribution in [-0.4, -0.2) is 54.4 Å². The Kier molecular flexibility index (Phi) is 6.34. The number of aromatic nitrogens is 1. The first kappa shape index (κ1) is 21.2. The number of nitrogens with zero attached hydrogens (tertiary/aromatic N) is 2. The van der Waals surface area contributed by atoms with Crippen molar-refractivity contribution < 1.29 is 22.7 Å². The number of carbonyl (C=O) groups excluding carboxylic acids is 1. The number of morpholine rings is 1. The highest BCUT2D eigenvalue weighted by Gasteiger charge is 2.48. The van der Waals surface area contributed by atoms with Gasteiger partial charge in [-0.25, -0.2) is 0 Å². The van der Waals surface area contributed by atoms with Gasteiger partial charge in [-0.3, -0.25) is 9.69 Å². The van der Waals surface area contributed by atoms with Crippen molar-refractivity contribution in [1.82, 2.24) is 9.47 Å². The van der Waals surface area contributed by atoms with E-state index in [-0.39, 0.29) is 12.8 Å². The van der Waals surface area contributed by atoms with Crippen molar-refractivity contribution >= 4 is 22.5 Å². The molecule has 1 saturated carbocycles. The summed E-state index contributed by atoms with van der Waals surface area (Å²) in [4.78, 5) is 15.0. The third kappa shape index (κ3) is 4.81. The number of hydrogen-bond acceptors (Lipinski definition) is 3. The van der Waals surface area contributed by atoms with E-state index in [4.69, 9.17) is 4.74 Å². The second-order valence-electron chi connectivity index (χ2n) is 8.27. The fourth-order valence-electron chi connectivity index (χ4n) is 4.62. The van der Waals surface area contributed by atoms with Gasteiger partial charge < -0.3 is 14.6 Å². The summed E-state index contributed by atoms with van der Waals surface area (Å²) < 4.78 is 47.5. The molecule has 30 heavy (non-hydrogen) atoms. The predicted molar refractivity (Wildman–Crippen MR) is 109 cm³/mol. The molecule has 5 nitrogen and oxygen atoms in total. The summed E-state index contributed by atoms with van der Waals surface area (Å²) >= 11 is 0. The first-order chi connectivity index (χ1) is 14.4. The Hall–Kier alpha value is -2.06. The van der Waals surface area contributed by atoms with Gasteiger partial charge in [-0.15, -0.1) is 0 Å². The zero-order valence-electron chi connectivity index (χ0n) is 17.0. The highest BCUT2D eigenvalue weighted by atomic mass is 19.4. The van der Waals surface area contributed by atoms with Crippen LogP contribution in [0.3, 0.4) is 0 Å². The highest BCUT2D eigenvalue weighted by molar-refractivity contribution is 5.95. The predicted octanol–water partition coefficient (Wildman–Crippen LogP) is 4.28. The number of hydrogen-bond donors (Lipinski definition) is 1. The molecule has 2 fully saturated rings. The van der Waals surface area contributed by atoms with Gasteiger partial charge >= 0.3 is 6.18 Å². The third-order valence-corrected chi connectivity index (χ3v) is 6.32. The van der Waals surface area contributed by atoms with Crippen molar-refractivity contribution in [2.45, 2.75) is 38.4 Å². The van der Waals surface area contributed by atoms with Crippen LogP contribution in [0.15, 0.2) is 30.5 Å². The summed E-state index contributed by atoms with van der Waals surface area (Å²) in [6, 6.07) is 7.51. The molecule has 1 amide bonds. The molecular weight excluding hydrogens is 395 g/mol. The van der Waals surface area contributed by atoms with E-state index in [1.54, 1.807) is 6.07 Å². The number of nitrogens with one attached hydrogen (secondary N) is 1. The molecule has 1 aromatic heterocycles. The van der Waals surface area contributed by atoms with Crippen molar-refractivity contribution in [2.24, 2.45) is 11.8 Å². The van der Waals surface area contributed by atoms with Crippen LogP contribution < -0.4 is 5.32 Å². The molecule has 2 atom stereocenters. The first-order valence-corrected chi connectivity index (χ1v) is 10.7. The van der Waals surface area contributed by atoms with Crippen molar-refractivity contribution in [1.29, 1.82) is 0 Å². The number of amides is 1. The third-order valence-electron chi connectivity index (χ3n) is 6.32. The zero-order chi connectivity index (χ0) is 21.1. The van der Waals surface area contributed by atoms with Crippen molar-refractivity contribution in [3.8, 4) is 0 Å². The van der Waals surface area contributed by atoms with Crippen molar-refractivity contribution in [3.05, 3.63) is 30.5 Å². The Bertz CT molecular complexity index is 874. The maximum absolute atomic E-state index is 13.3. The molecule has 2 unspecified atom stereocenters. The molecule has 8 heteroatoms. The van der Waals surface area contributed by atoms with Gasteiger partial charge in [0.25, 0.3) is 0 Å².